The maximum atomic E-state index is 11.5. The molecule has 0 radical (unpaired) electrons. The molecule has 1 fully saturated rings. The second-order valence-corrected chi connectivity index (χ2v) is 5.14. The Kier molecular flexibility index (Phi) is 2.74. The van der Waals surface area contributed by atoms with Crippen LogP contribution in [0, 0.1) is 0 Å². The van der Waals surface area contributed by atoms with Gasteiger partial charge in [0, 0.05) is 29.5 Å². The maximum Gasteiger partial charge on any atom is 0.245 e. The van der Waals surface area contributed by atoms with Gasteiger partial charge in [0.25, 0.3) is 0 Å². The van der Waals surface area contributed by atoms with Crippen LogP contribution in [0.1, 0.15) is 37.8 Å². The fourth-order valence-electron chi connectivity index (χ4n) is 3.05. The molecule has 1 aromatic rings. The van der Waals surface area contributed by atoms with Crippen molar-refractivity contribution in [2.45, 2.75) is 38.3 Å². The lowest BCUT2D eigenvalue weighted by Gasteiger charge is -2.26. The van der Waals surface area contributed by atoms with E-state index in [9.17, 15) is 4.79 Å². The first-order valence-electron chi connectivity index (χ1n) is 6.67. The maximum absolute atomic E-state index is 11.5. The van der Waals surface area contributed by atoms with Gasteiger partial charge in [-0.2, -0.15) is 0 Å². The van der Waals surface area contributed by atoms with E-state index in [0.29, 0.717) is 6.04 Å². The molecule has 18 heavy (non-hydrogen) atoms. The van der Waals surface area contributed by atoms with E-state index in [1.165, 1.54) is 24.9 Å². The molecule has 96 valence electrons. The third-order valence-corrected chi connectivity index (χ3v) is 4.09. The molecule has 0 aromatic heterocycles. The number of carbonyl (C=O) groups excluding carboxylic acids is 1. The highest BCUT2D eigenvalue weighted by Crippen LogP contribution is 2.35. The van der Waals surface area contributed by atoms with Crippen molar-refractivity contribution >= 4 is 17.3 Å². The minimum Gasteiger partial charge on any atom is -0.368 e. The van der Waals surface area contributed by atoms with Gasteiger partial charge in [0.1, 0.15) is 6.04 Å². The predicted octanol–water partition coefficient (Wildman–Crippen LogP) is 2.02. The molecule has 1 amide bonds. The monoisotopic (exact) mass is 245 g/mol. The van der Waals surface area contributed by atoms with E-state index in [-0.39, 0.29) is 5.91 Å². The van der Waals surface area contributed by atoms with E-state index >= 15 is 0 Å². The molecule has 0 spiro atoms. The smallest absolute Gasteiger partial charge is 0.245 e. The van der Waals surface area contributed by atoms with Gasteiger partial charge in [0.05, 0.1) is 0 Å². The first kappa shape index (κ1) is 11.5. The number of hydrogen-bond acceptors (Lipinski definition) is 3. The van der Waals surface area contributed by atoms with Gasteiger partial charge >= 0.3 is 0 Å². The van der Waals surface area contributed by atoms with Crippen molar-refractivity contribution in [1.82, 2.24) is 0 Å². The van der Waals surface area contributed by atoms with Gasteiger partial charge in [0.2, 0.25) is 5.91 Å². The lowest BCUT2D eigenvalue weighted by molar-refractivity contribution is -0.116. The number of carbonyl (C=O) groups is 1. The number of hydrogen-bond donors (Lipinski definition) is 2. The molecule has 1 aromatic carbocycles. The van der Waals surface area contributed by atoms with Crippen LogP contribution in [0.5, 0.6) is 0 Å². The number of nitrogens with one attached hydrogen (secondary N) is 1. The Morgan fingerprint density at radius 2 is 2.33 bits per heavy atom. The summed E-state index contributed by atoms with van der Waals surface area (Å²) in [5.41, 5.74) is 8.82. The van der Waals surface area contributed by atoms with Gasteiger partial charge in [0.15, 0.2) is 0 Å². The van der Waals surface area contributed by atoms with Gasteiger partial charge in [-0.05, 0) is 31.4 Å². The van der Waals surface area contributed by atoms with E-state index in [2.05, 4.69) is 29.3 Å². The minimum atomic E-state index is -0.505. The molecule has 0 aliphatic carbocycles. The fourth-order valence-corrected chi connectivity index (χ4v) is 3.05. The standard InChI is InChI=1S/C14H19N3O/c1-2-9-4-3-7-17(9)10-5-6-11-12(8-10)16-14(18)13(11)15/h5-6,8-9,13H,2-4,7,15H2,1H3,(H,16,18). The molecule has 2 unspecified atom stereocenters. The number of nitrogens with two attached hydrogens (primary N) is 1. The number of nitrogens with zero attached hydrogens (tertiary/aromatic N) is 1. The third-order valence-electron chi connectivity index (χ3n) is 4.09. The van der Waals surface area contributed by atoms with Crippen molar-refractivity contribution < 1.29 is 4.79 Å². The van der Waals surface area contributed by atoms with Gasteiger partial charge in [-0.25, -0.2) is 0 Å². The Morgan fingerprint density at radius 1 is 1.50 bits per heavy atom. The summed E-state index contributed by atoms with van der Waals surface area (Å²) < 4.78 is 0. The fraction of sp³-hybridized carbons (Fsp3) is 0.500. The Hall–Kier alpha value is -1.55. The van der Waals surface area contributed by atoms with E-state index in [1.807, 2.05) is 6.07 Å². The van der Waals surface area contributed by atoms with Crippen molar-refractivity contribution in [3.63, 3.8) is 0 Å². The zero-order valence-corrected chi connectivity index (χ0v) is 10.6. The summed E-state index contributed by atoms with van der Waals surface area (Å²) in [4.78, 5) is 14.0. The highest BCUT2D eigenvalue weighted by Gasteiger charge is 2.29. The van der Waals surface area contributed by atoms with Crippen molar-refractivity contribution in [1.29, 1.82) is 0 Å². The van der Waals surface area contributed by atoms with Gasteiger partial charge in [-0.3, -0.25) is 4.79 Å². The summed E-state index contributed by atoms with van der Waals surface area (Å²) in [5, 5.41) is 2.85. The van der Waals surface area contributed by atoms with E-state index in [0.717, 1.165) is 17.8 Å². The quantitative estimate of drug-likeness (QED) is 0.838. The zero-order valence-electron chi connectivity index (χ0n) is 10.6. The first-order chi connectivity index (χ1) is 8.70. The van der Waals surface area contributed by atoms with Gasteiger partial charge < -0.3 is 16.0 Å². The molecular weight excluding hydrogens is 226 g/mol. The SMILES string of the molecule is CCC1CCCN1c1ccc2c(c1)NC(=O)C2N. The molecular formula is C14H19N3O. The van der Waals surface area contributed by atoms with Crippen LogP contribution in [0.15, 0.2) is 18.2 Å². The molecule has 3 rings (SSSR count). The minimum absolute atomic E-state index is 0.101. The van der Waals surface area contributed by atoms with Crippen molar-refractivity contribution in [2.24, 2.45) is 5.73 Å². The number of benzene rings is 1. The van der Waals surface area contributed by atoms with E-state index in [1.54, 1.807) is 0 Å². The number of rotatable bonds is 2. The Bertz CT molecular complexity index is 486. The summed E-state index contributed by atoms with van der Waals surface area (Å²) >= 11 is 0. The van der Waals surface area contributed by atoms with Crippen LogP contribution >= 0.6 is 0 Å². The number of fused-ring (bicyclic) bond motifs is 1. The summed E-state index contributed by atoms with van der Waals surface area (Å²) in [6, 6.07) is 6.27. The van der Waals surface area contributed by atoms with E-state index < -0.39 is 6.04 Å². The van der Waals surface area contributed by atoms with Gasteiger partial charge in [-0.15, -0.1) is 0 Å². The highest BCUT2D eigenvalue weighted by molar-refractivity contribution is 6.02. The highest BCUT2D eigenvalue weighted by atomic mass is 16.2. The molecule has 4 nitrogen and oxygen atoms in total. The molecule has 2 heterocycles. The molecule has 0 saturated carbocycles. The largest absolute Gasteiger partial charge is 0.368 e. The van der Waals surface area contributed by atoms with Crippen LogP contribution in [0.2, 0.25) is 0 Å². The first-order valence-corrected chi connectivity index (χ1v) is 6.67. The number of anilines is 2. The average molecular weight is 245 g/mol. The van der Waals surface area contributed by atoms with Crippen molar-refractivity contribution in [3.8, 4) is 0 Å². The molecule has 2 atom stereocenters. The van der Waals surface area contributed by atoms with Crippen LogP contribution in [0.4, 0.5) is 11.4 Å². The van der Waals surface area contributed by atoms with Crippen LogP contribution in [-0.4, -0.2) is 18.5 Å². The molecule has 4 heteroatoms. The van der Waals surface area contributed by atoms with E-state index in [4.69, 9.17) is 5.73 Å². The van der Waals surface area contributed by atoms with Crippen molar-refractivity contribution in [2.75, 3.05) is 16.8 Å². The molecule has 1 saturated heterocycles. The van der Waals surface area contributed by atoms with Crippen LogP contribution in [0.3, 0.4) is 0 Å². The van der Waals surface area contributed by atoms with Crippen molar-refractivity contribution in [3.05, 3.63) is 23.8 Å². The second kappa shape index (κ2) is 4.28. The summed E-state index contributed by atoms with van der Waals surface area (Å²) in [7, 11) is 0. The summed E-state index contributed by atoms with van der Waals surface area (Å²) in [6.07, 6.45) is 3.68. The Labute approximate surface area is 107 Å². The topological polar surface area (TPSA) is 58.4 Å². The van der Waals surface area contributed by atoms with Gasteiger partial charge in [-0.1, -0.05) is 13.0 Å². The summed E-state index contributed by atoms with van der Waals surface area (Å²) in [5.74, 6) is -0.101. The van der Waals surface area contributed by atoms with Crippen LogP contribution < -0.4 is 16.0 Å². The lowest BCUT2D eigenvalue weighted by Crippen LogP contribution is -2.28. The average Bonchev–Trinajstić information content (AvgIpc) is 2.95. The van der Waals surface area contributed by atoms with Crippen LogP contribution in [-0.2, 0) is 4.79 Å². The lowest BCUT2D eigenvalue weighted by atomic mass is 10.1. The third kappa shape index (κ3) is 1.68. The molecule has 0 bridgehead atoms. The zero-order chi connectivity index (χ0) is 12.7. The van der Waals surface area contributed by atoms with Crippen LogP contribution in [0.25, 0.3) is 0 Å². The molecule has 3 N–H and O–H groups in total. The Morgan fingerprint density at radius 3 is 3.11 bits per heavy atom. The molecule has 2 aliphatic heterocycles. The Balaban J connectivity index is 1.92. The predicted molar refractivity (Wildman–Crippen MR) is 72.7 cm³/mol. The summed E-state index contributed by atoms with van der Waals surface area (Å²) in [6.45, 7) is 3.34. The second-order valence-electron chi connectivity index (χ2n) is 5.14. The molecule has 2 aliphatic rings. The number of amides is 1. The normalized spacial score (nSPS) is 26.3.